The van der Waals surface area contributed by atoms with E-state index < -0.39 is 0 Å². The van der Waals surface area contributed by atoms with Crippen molar-refractivity contribution in [3.63, 3.8) is 0 Å². The maximum Gasteiger partial charge on any atom is 0.168 e. The Hall–Kier alpha value is -1.06. The topological polar surface area (TPSA) is 21.7 Å². The predicted molar refractivity (Wildman–Crippen MR) is 142 cm³/mol. The van der Waals surface area contributed by atoms with Gasteiger partial charge in [0.2, 0.25) is 0 Å². The van der Waals surface area contributed by atoms with Gasteiger partial charge in [-0.05, 0) is 109 Å². The van der Waals surface area contributed by atoms with E-state index in [0.717, 1.165) is 55.6 Å². The Balaban J connectivity index is 1.30. The Bertz CT molecular complexity index is 1000. The van der Waals surface area contributed by atoms with Gasteiger partial charge in [0.05, 0.1) is 13.2 Å². The largest absolute Gasteiger partial charge is 0.378 e. The molecule has 3 heteroatoms. The lowest BCUT2D eigenvalue weighted by molar-refractivity contribution is -0.332. The van der Waals surface area contributed by atoms with E-state index in [1.54, 1.807) is 11.1 Å². The van der Waals surface area contributed by atoms with Crippen molar-refractivity contribution in [1.29, 1.82) is 0 Å². The van der Waals surface area contributed by atoms with Crippen LogP contribution in [0.15, 0.2) is 18.2 Å². The normalized spacial score (nSPS) is 44.7. The standard InChI is InChI=1S/C32H47NO2/c1-29(2)19-34-32(35-20-29)14-13-31-16-21-15-23(33(4)5)9-11-24(21)26-18-30(3)12-6-7-27(30)25(28(26)31)10-8-22(31)17-32/h9,11,15,22,25-28H,6-8,10,12-14,16-20H2,1-5H3/t22?,25-,26?,27-,28?,30-,31+/m0/s1. The van der Waals surface area contributed by atoms with Gasteiger partial charge < -0.3 is 14.4 Å². The fourth-order valence-electron chi connectivity index (χ4n) is 10.6. The van der Waals surface area contributed by atoms with E-state index in [1.807, 2.05) is 0 Å². The first-order valence-corrected chi connectivity index (χ1v) is 14.7. The summed E-state index contributed by atoms with van der Waals surface area (Å²) in [6, 6.07) is 7.50. The van der Waals surface area contributed by atoms with Crippen molar-refractivity contribution in [3.8, 4) is 0 Å². The smallest absolute Gasteiger partial charge is 0.168 e. The molecule has 1 aliphatic heterocycles. The maximum atomic E-state index is 6.62. The third-order valence-corrected chi connectivity index (χ3v) is 12.1. The molecule has 1 heterocycles. The number of nitrogens with zero attached hydrogens (tertiary/aromatic N) is 1. The number of hydrogen-bond acceptors (Lipinski definition) is 3. The second kappa shape index (κ2) is 7.50. The van der Waals surface area contributed by atoms with Crippen LogP contribution in [-0.4, -0.2) is 33.1 Å². The van der Waals surface area contributed by atoms with Gasteiger partial charge in [0.15, 0.2) is 5.79 Å². The van der Waals surface area contributed by atoms with Gasteiger partial charge in [0, 0.05) is 38.0 Å². The molecule has 0 N–H and O–H groups in total. The highest BCUT2D eigenvalue weighted by Crippen LogP contribution is 2.73. The lowest BCUT2D eigenvalue weighted by Gasteiger charge is -2.67. The van der Waals surface area contributed by atoms with Crippen molar-refractivity contribution < 1.29 is 9.47 Å². The van der Waals surface area contributed by atoms with Crippen LogP contribution in [0.1, 0.15) is 95.6 Å². The molecule has 1 saturated heterocycles. The van der Waals surface area contributed by atoms with Gasteiger partial charge in [-0.15, -0.1) is 0 Å². The molecule has 3 unspecified atom stereocenters. The molecule has 1 aromatic rings. The molecule has 0 amide bonds. The highest BCUT2D eigenvalue weighted by molar-refractivity contribution is 5.53. The van der Waals surface area contributed by atoms with Crippen molar-refractivity contribution in [3.05, 3.63) is 29.3 Å². The van der Waals surface area contributed by atoms with E-state index in [2.05, 4.69) is 58.0 Å². The molecule has 7 rings (SSSR count). The van der Waals surface area contributed by atoms with E-state index in [1.165, 1.54) is 57.1 Å². The van der Waals surface area contributed by atoms with Crippen LogP contribution < -0.4 is 4.90 Å². The minimum absolute atomic E-state index is 0.145. The zero-order valence-corrected chi connectivity index (χ0v) is 22.9. The molecule has 192 valence electrons. The van der Waals surface area contributed by atoms with E-state index in [-0.39, 0.29) is 11.2 Å². The van der Waals surface area contributed by atoms with Crippen molar-refractivity contribution in [1.82, 2.24) is 0 Å². The molecule has 0 aromatic heterocycles. The summed E-state index contributed by atoms with van der Waals surface area (Å²) < 4.78 is 13.2. The first kappa shape index (κ1) is 23.1. The summed E-state index contributed by atoms with van der Waals surface area (Å²) in [6.45, 7) is 8.92. The van der Waals surface area contributed by atoms with Gasteiger partial charge >= 0.3 is 0 Å². The number of fused-ring (bicyclic) bond motifs is 4. The van der Waals surface area contributed by atoms with Crippen LogP contribution in [0.3, 0.4) is 0 Å². The number of hydrogen-bond donors (Lipinski definition) is 0. The van der Waals surface area contributed by atoms with Crippen molar-refractivity contribution >= 4 is 5.69 Å². The highest BCUT2D eigenvalue weighted by Gasteiger charge is 2.66. The molecule has 1 aromatic carbocycles. The Morgan fingerprint density at radius 3 is 2.49 bits per heavy atom. The molecule has 4 saturated carbocycles. The Morgan fingerprint density at radius 2 is 1.71 bits per heavy atom. The average Bonchev–Trinajstić information content (AvgIpc) is 3.22. The molecule has 6 aliphatic rings. The SMILES string of the molecule is CN(C)c1ccc2c(c1)C[C@]13CCC4(CC1CC[C@@H]1C3C2C[C@]2(C)CCC[C@@H]12)OCC(C)(C)CO4. The first-order valence-electron chi connectivity index (χ1n) is 14.7. The summed E-state index contributed by atoms with van der Waals surface area (Å²) in [5.74, 6) is 3.94. The zero-order chi connectivity index (χ0) is 24.2. The second-order valence-corrected chi connectivity index (χ2v) is 15.0. The summed E-state index contributed by atoms with van der Waals surface area (Å²) in [5.41, 5.74) is 5.91. The van der Waals surface area contributed by atoms with Crippen LogP contribution in [0.4, 0.5) is 5.69 Å². The molecule has 2 spiro atoms. The van der Waals surface area contributed by atoms with Gasteiger partial charge in [0.25, 0.3) is 0 Å². The molecule has 35 heavy (non-hydrogen) atoms. The van der Waals surface area contributed by atoms with Gasteiger partial charge in [-0.25, -0.2) is 0 Å². The van der Waals surface area contributed by atoms with E-state index in [0.29, 0.717) is 10.8 Å². The summed E-state index contributed by atoms with van der Waals surface area (Å²) >= 11 is 0. The minimum Gasteiger partial charge on any atom is -0.378 e. The van der Waals surface area contributed by atoms with E-state index >= 15 is 0 Å². The van der Waals surface area contributed by atoms with Gasteiger partial charge in [-0.2, -0.15) is 0 Å². The number of anilines is 1. The molecule has 5 fully saturated rings. The minimum atomic E-state index is -0.309. The van der Waals surface area contributed by atoms with E-state index in [4.69, 9.17) is 9.47 Å². The lowest BCUT2D eigenvalue weighted by atomic mass is 9.38. The molecule has 0 radical (unpaired) electrons. The van der Waals surface area contributed by atoms with Crippen LogP contribution in [0.5, 0.6) is 0 Å². The summed E-state index contributed by atoms with van der Waals surface area (Å²) in [6.07, 6.45) is 13.5. The van der Waals surface area contributed by atoms with Crippen molar-refractivity contribution in [2.45, 2.75) is 96.7 Å². The van der Waals surface area contributed by atoms with Gasteiger partial charge in [-0.1, -0.05) is 33.3 Å². The quantitative estimate of drug-likeness (QED) is 0.427. The highest BCUT2D eigenvalue weighted by atomic mass is 16.7. The monoisotopic (exact) mass is 477 g/mol. The first-order chi connectivity index (χ1) is 16.6. The molecular formula is C32H47NO2. The van der Waals surface area contributed by atoms with Crippen molar-refractivity contribution in [2.75, 3.05) is 32.2 Å². The van der Waals surface area contributed by atoms with Crippen molar-refractivity contribution in [2.24, 2.45) is 39.9 Å². The maximum absolute atomic E-state index is 6.62. The predicted octanol–water partition coefficient (Wildman–Crippen LogP) is 7.18. The molecule has 0 bridgehead atoms. The van der Waals surface area contributed by atoms with Crippen LogP contribution in [0.25, 0.3) is 0 Å². The summed E-state index contributed by atoms with van der Waals surface area (Å²) in [4.78, 5) is 2.29. The summed E-state index contributed by atoms with van der Waals surface area (Å²) in [7, 11) is 4.39. The fraction of sp³-hybridized carbons (Fsp3) is 0.812. The van der Waals surface area contributed by atoms with Crippen LogP contribution in [0.2, 0.25) is 0 Å². The van der Waals surface area contributed by atoms with Crippen LogP contribution >= 0.6 is 0 Å². The Kier molecular flexibility index (Phi) is 4.95. The van der Waals surface area contributed by atoms with E-state index in [9.17, 15) is 0 Å². The Labute approximate surface area is 213 Å². The molecule has 7 atom stereocenters. The molecular weight excluding hydrogens is 430 g/mol. The number of ether oxygens (including phenoxy) is 2. The van der Waals surface area contributed by atoms with Crippen LogP contribution in [-0.2, 0) is 15.9 Å². The number of benzene rings is 1. The zero-order valence-electron chi connectivity index (χ0n) is 22.9. The number of rotatable bonds is 1. The second-order valence-electron chi connectivity index (χ2n) is 15.0. The average molecular weight is 478 g/mol. The van der Waals surface area contributed by atoms with Gasteiger partial charge in [-0.3, -0.25) is 0 Å². The Morgan fingerprint density at radius 1 is 0.914 bits per heavy atom. The molecule has 5 aliphatic carbocycles. The third kappa shape index (κ3) is 3.29. The summed E-state index contributed by atoms with van der Waals surface area (Å²) in [5, 5.41) is 0. The lowest BCUT2D eigenvalue weighted by Crippen LogP contribution is -2.62. The van der Waals surface area contributed by atoms with Gasteiger partial charge in [0.1, 0.15) is 0 Å². The van der Waals surface area contributed by atoms with Crippen LogP contribution in [0, 0.1) is 39.9 Å². The third-order valence-electron chi connectivity index (χ3n) is 12.1. The molecule has 3 nitrogen and oxygen atoms in total. The fourth-order valence-corrected chi connectivity index (χ4v) is 10.6.